The summed E-state index contributed by atoms with van der Waals surface area (Å²) in [5, 5.41) is 22.8. The fraction of sp³-hybridized carbons (Fsp3) is 0.0909. The maximum absolute atomic E-state index is 12.6. The summed E-state index contributed by atoms with van der Waals surface area (Å²) in [5.41, 5.74) is 2.85. The van der Waals surface area contributed by atoms with E-state index in [4.69, 9.17) is 11.6 Å². The zero-order chi connectivity index (χ0) is 23.4. The minimum absolute atomic E-state index is 0.0321. The molecule has 2 heterocycles. The van der Waals surface area contributed by atoms with Gasteiger partial charge in [-0.3, -0.25) is 24.5 Å². The predicted molar refractivity (Wildman–Crippen MR) is 127 cm³/mol. The summed E-state index contributed by atoms with van der Waals surface area (Å²) in [6.07, 6.45) is 3.39. The molecule has 0 saturated heterocycles. The number of pyridine rings is 1. The number of hydrogen-bond donors (Lipinski definition) is 1. The van der Waals surface area contributed by atoms with Crippen LogP contribution in [0, 0.1) is 17.0 Å². The van der Waals surface area contributed by atoms with Gasteiger partial charge in [-0.25, -0.2) is 0 Å². The number of halogens is 1. The molecule has 0 atom stereocenters. The third-order valence-electron chi connectivity index (χ3n) is 4.68. The Morgan fingerprint density at radius 3 is 2.70 bits per heavy atom. The summed E-state index contributed by atoms with van der Waals surface area (Å²) in [6.45, 7) is 1.99. The van der Waals surface area contributed by atoms with Crippen molar-refractivity contribution in [2.45, 2.75) is 12.1 Å². The lowest BCUT2D eigenvalue weighted by atomic mass is 10.2. The number of thioether (sulfide) groups is 1. The molecule has 33 heavy (non-hydrogen) atoms. The Balaban J connectivity index is 1.57. The van der Waals surface area contributed by atoms with E-state index < -0.39 is 4.92 Å². The van der Waals surface area contributed by atoms with E-state index in [0.29, 0.717) is 16.7 Å². The second kappa shape index (κ2) is 9.80. The van der Waals surface area contributed by atoms with Crippen LogP contribution in [0.15, 0.2) is 72.1 Å². The highest BCUT2D eigenvalue weighted by Gasteiger charge is 2.19. The summed E-state index contributed by atoms with van der Waals surface area (Å²) >= 11 is 7.28. The van der Waals surface area contributed by atoms with Gasteiger partial charge in [-0.1, -0.05) is 41.6 Å². The van der Waals surface area contributed by atoms with Crippen molar-refractivity contribution >= 4 is 40.6 Å². The number of nitrogens with one attached hydrogen (secondary N) is 1. The smallest absolute Gasteiger partial charge is 0.271 e. The van der Waals surface area contributed by atoms with Crippen molar-refractivity contribution in [1.82, 2.24) is 19.7 Å². The number of nitrogens with zero attached hydrogens (tertiary/aromatic N) is 5. The van der Waals surface area contributed by atoms with Crippen molar-refractivity contribution in [2.75, 3.05) is 11.1 Å². The van der Waals surface area contributed by atoms with Gasteiger partial charge in [0.05, 0.1) is 27.1 Å². The number of aromatic nitrogens is 4. The molecule has 0 unspecified atom stereocenters. The SMILES string of the molecule is Cc1ccccc1-n1c(SCC(=O)Nc2ccc([N+](=O)[O-])cc2Cl)nnc1-c1cccnc1. The molecule has 0 radical (unpaired) electrons. The first kappa shape index (κ1) is 22.4. The Bertz CT molecular complexity index is 1330. The van der Waals surface area contributed by atoms with Gasteiger partial charge in [0.15, 0.2) is 11.0 Å². The van der Waals surface area contributed by atoms with E-state index in [-0.39, 0.29) is 22.4 Å². The molecule has 9 nitrogen and oxygen atoms in total. The van der Waals surface area contributed by atoms with Crippen molar-refractivity contribution in [3.63, 3.8) is 0 Å². The molecule has 0 aliphatic rings. The van der Waals surface area contributed by atoms with E-state index in [1.54, 1.807) is 12.4 Å². The van der Waals surface area contributed by atoms with E-state index in [1.807, 2.05) is 47.9 Å². The van der Waals surface area contributed by atoms with Crippen LogP contribution in [0.3, 0.4) is 0 Å². The molecular formula is C22H17ClN6O3S. The number of anilines is 1. The lowest BCUT2D eigenvalue weighted by Gasteiger charge is -2.13. The molecule has 0 saturated carbocycles. The highest BCUT2D eigenvalue weighted by Crippen LogP contribution is 2.30. The average Bonchev–Trinajstić information content (AvgIpc) is 3.23. The molecular weight excluding hydrogens is 464 g/mol. The molecule has 4 rings (SSSR count). The minimum atomic E-state index is -0.550. The van der Waals surface area contributed by atoms with Crippen LogP contribution in [0.1, 0.15) is 5.56 Å². The first-order valence-corrected chi connectivity index (χ1v) is 11.1. The molecule has 0 spiro atoms. The zero-order valence-electron chi connectivity index (χ0n) is 17.3. The predicted octanol–water partition coefficient (Wildman–Crippen LogP) is 4.93. The van der Waals surface area contributed by atoms with E-state index in [2.05, 4.69) is 20.5 Å². The van der Waals surface area contributed by atoms with Crippen LogP contribution in [0.25, 0.3) is 17.1 Å². The van der Waals surface area contributed by atoms with Crippen LogP contribution in [0.4, 0.5) is 11.4 Å². The molecule has 1 N–H and O–H groups in total. The Labute approximate surface area is 198 Å². The highest BCUT2D eigenvalue weighted by atomic mass is 35.5. The van der Waals surface area contributed by atoms with Crippen LogP contribution < -0.4 is 5.32 Å². The van der Waals surface area contributed by atoms with Gasteiger partial charge in [0, 0.05) is 30.1 Å². The van der Waals surface area contributed by atoms with E-state index in [1.165, 1.54) is 30.0 Å². The number of nitro benzene ring substituents is 1. The van der Waals surface area contributed by atoms with Gasteiger partial charge in [0.2, 0.25) is 5.91 Å². The van der Waals surface area contributed by atoms with Gasteiger partial charge in [-0.15, -0.1) is 10.2 Å². The number of benzene rings is 2. The fourth-order valence-corrected chi connectivity index (χ4v) is 4.08. The Kier molecular flexibility index (Phi) is 6.66. The number of amides is 1. The second-order valence-corrected chi connectivity index (χ2v) is 8.28. The van der Waals surface area contributed by atoms with Crippen LogP contribution in [-0.4, -0.2) is 36.3 Å². The normalized spacial score (nSPS) is 10.7. The highest BCUT2D eigenvalue weighted by molar-refractivity contribution is 7.99. The van der Waals surface area contributed by atoms with Crippen LogP contribution in [-0.2, 0) is 4.79 Å². The number of aryl methyl sites for hydroxylation is 1. The molecule has 0 aliphatic heterocycles. The summed E-state index contributed by atoms with van der Waals surface area (Å²) in [6, 6.07) is 15.4. The fourth-order valence-electron chi connectivity index (χ4n) is 3.11. The zero-order valence-corrected chi connectivity index (χ0v) is 18.9. The van der Waals surface area contributed by atoms with Gasteiger partial charge in [-0.05, 0) is 36.8 Å². The van der Waals surface area contributed by atoms with Crippen LogP contribution in [0.2, 0.25) is 5.02 Å². The summed E-state index contributed by atoms with van der Waals surface area (Å²) in [4.78, 5) is 27.0. The number of carbonyl (C=O) groups is 1. The topological polar surface area (TPSA) is 116 Å². The van der Waals surface area contributed by atoms with Crippen molar-refractivity contribution in [3.8, 4) is 17.1 Å². The Morgan fingerprint density at radius 2 is 2.00 bits per heavy atom. The first-order valence-electron chi connectivity index (χ1n) is 9.72. The van der Waals surface area contributed by atoms with Gasteiger partial charge in [0.25, 0.3) is 5.69 Å². The van der Waals surface area contributed by atoms with Crippen molar-refractivity contribution in [1.29, 1.82) is 0 Å². The van der Waals surface area contributed by atoms with Crippen molar-refractivity contribution in [3.05, 3.63) is 87.7 Å². The second-order valence-electron chi connectivity index (χ2n) is 6.93. The lowest BCUT2D eigenvalue weighted by molar-refractivity contribution is -0.384. The largest absolute Gasteiger partial charge is 0.324 e. The molecule has 4 aromatic rings. The van der Waals surface area contributed by atoms with Crippen molar-refractivity contribution < 1.29 is 9.72 Å². The Hall–Kier alpha value is -3.76. The average molecular weight is 481 g/mol. The monoisotopic (exact) mass is 480 g/mol. The maximum atomic E-state index is 12.6. The number of para-hydroxylation sites is 1. The molecule has 2 aromatic heterocycles. The first-order chi connectivity index (χ1) is 15.9. The number of hydrogen-bond acceptors (Lipinski definition) is 7. The number of nitro groups is 1. The minimum Gasteiger partial charge on any atom is -0.324 e. The molecule has 0 aliphatic carbocycles. The number of carbonyl (C=O) groups excluding carboxylic acids is 1. The molecule has 1 amide bonds. The third kappa shape index (κ3) is 5.02. The van der Waals surface area contributed by atoms with E-state index >= 15 is 0 Å². The standard InChI is InChI=1S/C22H17ClN6O3S/c1-14-5-2-3-7-19(14)28-21(15-6-4-10-24-12-15)26-27-22(28)33-13-20(30)25-18-9-8-16(29(31)32)11-17(18)23/h2-12H,13H2,1H3,(H,25,30). The molecule has 0 bridgehead atoms. The van der Waals surface area contributed by atoms with Crippen molar-refractivity contribution in [2.24, 2.45) is 0 Å². The van der Waals surface area contributed by atoms with Crippen LogP contribution in [0.5, 0.6) is 0 Å². The van der Waals surface area contributed by atoms with Crippen LogP contribution >= 0.6 is 23.4 Å². The van der Waals surface area contributed by atoms with Gasteiger partial charge >= 0.3 is 0 Å². The molecule has 11 heteroatoms. The van der Waals surface area contributed by atoms with Gasteiger partial charge in [-0.2, -0.15) is 0 Å². The van der Waals surface area contributed by atoms with Gasteiger partial charge < -0.3 is 5.32 Å². The Morgan fingerprint density at radius 1 is 1.18 bits per heavy atom. The maximum Gasteiger partial charge on any atom is 0.271 e. The summed E-state index contributed by atoms with van der Waals surface area (Å²) in [5.74, 6) is 0.307. The van der Waals surface area contributed by atoms with E-state index in [0.717, 1.165) is 16.8 Å². The number of rotatable bonds is 7. The number of non-ortho nitro benzene ring substituents is 1. The quantitative estimate of drug-likeness (QED) is 0.226. The molecule has 166 valence electrons. The summed E-state index contributed by atoms with van der Waals surface area (Å²) < 4.78 is 1.89. The third-order valence-corrected chi connectivity index (χ3v) is 5.92. The summed E-state index contributed by atoms with van der Waals surface area (Å²) in [7, 11) is 0. The van der Waals surface area contributed by atoms with Gasteiger partial charge in [0.1, 0.15) is 0 Å². The molecule has 0 fully saturated rings. The van der Waals surface area contributed by atoms with E-state index in [9.17, 15) is 14.9 Å². The lowest BCUT2D eigenvalue weighted by Crippen LogP contribution is -2.15. The molecule has 2 aromatic carbocycles.